The average molecular weight is 552 g/mol. The Morgan fingerprint density at radius 1 is 0.526 bits per heavy atom. The van der Waals surface area contributed by atoms with Gasteiger partial charge in [-0.25, -0.2) is 4.98 Å². The van der Waals surface area contributed by atoms with Crippen molar-refractivity contribution in [1.82, 2.24) is 14.5 Å². The Labute approximate surface area is 229 Å². The minimum atomic E-state index is 0.939. The summed E-state index contributed by atoms with van der Waals surface area (Å²) < 4.78 is 3.33. The minimum Gasteiger partial charge on any atom is -0.308 e. The lowest BCUT2D eigenvalue weighted by atomic mass is 10.00. The maximum atomic E-state index is 5.13. The van der Waals surface area contributed by atoms with E-state index < -0.39 is 0 Å². The maximum absolute atomic E-state index is 5.13. The van der Waals surface area contributed by atoms with Crippen LogP contribution in [0.4, 0.5) is 0 Å². The zero-order chi connectivity index (χ0) is 25.5. The SMILES string of the molecule is Brc1ccc2c(c1)c1ncccc1n2-c1cccc(-c2cc(-c3ccccc3)cc(-c3ccccc3)n2)c1. The molecule has 3 aromatic heterocycles. The second kappa shape index (κ2) is 9.40. The topological polar surface area (TPSA) is 30.7 Å². The molecular weight excluding hydrogens is 530 g/mol. The highest BCUT2D eigenvalue weighted by Gasteiger charge is 2.15. The molecule has 3 nitrogen and oxygen atoms in total. The van der Waals surface area contributed by atoms with Crippen LogP contribution in [0.25, 0.3) is 61.3 Å². The van der Waals surface area contributed by atoms with Crippen LogP contribution in [0.5, 0.6) is 0 Å². The average Bonchev–Trinajstić information content (AvgIpc) is 3.31. The fraction of sp³-hybridized carbons (Fsp3) is 0. The van der Waals surface area contributed by atoms with Gasteiger partial charge in [-0.3, -0.25) is 4.98 Å². The van der Waals surface area contributed by atoms with Crippen molar-refractivity contribution in [2.45, 2.75) is 0 Å². The Kier molecular flexibility index (Phi) is 5.60. The van der Waals surface area contributed by atoms with E-state index in [2.05, 4.69) is 130 Å². The van der Waals surface area contributed by atoms with Gasteiger partial charge in [0, 0.05) is 32.9 Å². The maximum Gasteiger partial charge on any atom is 0.0963 e. The summed E-state index contributed by atoms with van der Waals surface area (Å²) in [6, 6.07) is 44.3. The molecule has 4 heteroatoms. The van der Waals surface area contributed by atoms with Crippen molar-refractivity contribution >= 4 is 37.9 Å². The molecule has 180 valence electrons. The van der Waals surface area contributed by atoms with Crippen molar-refractivity contribution in [1.29, 1.82) is 0 Å². The molecular formula is C34H22BrN3. The summed E-state index contributed by atoms with van der Waals surface area (Å²) in [6.07, 6.45) is 1.85. The summed E-state index contributed by atoms with van der Waals surface area (Å²) in [4.78, 5) is 9.84. The van der Waals surface area contributed by atoms with E-state index in [0.717, 1.165) is 60.2 Å². The van der Waals surface area contributed by atoms with Gasteiger partial charge in [0.2, 0.25) is 0 Å². The monoisotopic (exact) mass is 551 g/mol. The van der Waals surface area contributed by atoms with Crippen molar-refractivity contribution in [2.24, 2.45) is 0 Å². The molecule has 0 aliphatic heterocycles. The first kappa shape index (κ1) is 22.6. The molecule has 0 aliphatic carbocycles. The molecule has 0 bridgehead atoms. The molecule has 0 radical (unpaired) electrons. The molecule has 0 aliphatic rings. The van der Waals surface area contributed by atoms with Crippen molar-refractivity contribution < 1.29 is 0 Å². The van der Waals surface area contributed by atoms with E-state index in [9.17, 15) is 0 Å². The lowest BCUT2D eigenvalue weighted by molar-refractivity contribution is 1.17. The van der Waals surface area contributed by atoms with E-state index in [0.29, 0.717) is 0 Å². The number of pyridine rings is 2. The van der Waals surface area contributed by atoms with Crippen LogP contribution in [0.2, 0.25) is 0 Å². The number of halogens is 1. The largest absolute Gasteiger partial charge is 0.308 e. The number of benzene rings is 4. The number of aromatic nitrogens is 3. The summed E-state index contributed by atoms with van der Waals surface area (Å²) in [6.45, 7) is 0. The number of hydrogen-bond acceptors (Lipinski definition) is 2. The third-order valence-corrected chi connectivity index (χ3v) is 7.38. The van der Waals surface area contributed by atoms with E-state index >= 15 is 0 Å². The fourth-order valence-electron chi connectivity index (χ4n) is 5.12. The van der Waals surface area contributed by atoms with E-state index in [4.69, 9.17) is 9.97 Å². The summed E-state index contributed by atoms with van der Waals surface area (Å²) in [5.74, 6) is 0. The third kappa shape index (κ3) is 4.00. The molecule has 0 atom stereocenters. The van der Waals surface area contributed by atoms with E-state index in [1.807, 2.05) is 24.4 Å². The smallest absolute Gasteiger partial charge is 0.0963 e. The highest BCUT2D eigenvalue weighted by Crippen LogP contribution is 2.35. The number of hydrogen-bond donors (Lipinski definition) is 0. The molecule has 0 amide bonds. The Hall–Kier alpha value is -4.54. The van der Waals surface area contributed by atoms with Crippen LogP contribution in [0.1, 0.15) is 0 Å². The predicted octanol–water partition coefficient (Wildman–Crippen LogP) is 9.34. The quantitative estimate of drug-likeness (QED) is 0.218. The summed E-state index contributed by atoms with van der Waals surface area (Å²) >= 11 is 3.63. The first-order valence-electron chi connectivity index (χ1n) is 12.5. The van der Waals surface area contributed by atoms with Gasteiger partial charge in [0.15, 0.2) is 0 Å². The fourth-order valence-corrected chi connectivity index (χ4v) is 5.48. The van der Waals surface area contributed by atoms with Gasteiger partial charge >= 0.3 is 0 Å². The number of nitrogens with zero attached hydrogens (tertiary/aromatic N) is 3. The zero-order valence-corrected chi connectivity index (χ0v) is 22.0. The number of fused-ring (bicyclic) bond motifs is 3. The van der Waals surface area contributed by atoms with Gasteiger partial charge in [0.25, 0.3) is 0 Å². The van der Waals surface area contributed by atoms with E-state index in [1.165, 1.54) is 5.56 Å². The second-order valence-corrected chi connectivity index (χ2v) is 10.2. The predicted molar refractivity (Wildman–Crippen MR) is 160 cm³/mol. The van der Waals surface area contributed by atoms with Crippen LogP contribution < -0.4 is 0 Å². The first-order valence-corrected chi connectivity index (χ1v) is 13.3. The van der Waals surface area contributed by atoms with Gasteiger partial charge in [0.05, 0.1) is 27.9 Å². The van der Waals surface area contributed by atoms with Crippen molar-refractivity contribution in [2.75, 3.05) is 0 Å². The van der Waals surface area contributed by atoms with E-state index in [1.54, 1.807) is 0 Å². The van der Waals surface area contributed by atoms with Crippen molar-refractivity contribution in [3.8, 4) is 39.3 Å². The standard InChI is InChI=1S/C34H22BrN3/c35-27-16-17-32-29(22-27)34-33(15-8-18-36-34)38(32)28-14-7-13-25(19-28)31-21-26(23-9-3-1-4-10-23)20-30(37-31)24-11-5-2-6-12-24/h1-22H. The normalized spacial score (nSPS) is 11.3. The molecule has 0 saturated heterocycles. The van der Waals surface area contributed by atoms with Crippen LogP contribution >= 0.6 is 15.9 Å². The first-order chi connectivity index (χ1) is 18.7. The molecule has 7 rings (SSSR count). The van der Waals surface area contributed by atoms with Crippen molar-refractivity contribution in [3.05, 3.63) is 138 Å². The highest BCUT2D eigenvalue weighted by molar-refractivity contribution is 9.10. The van der Waals surface area contributed by atoms with Crippen LogP contribution in [0.3, 0.4) is 0 Å². The van der Waals surface area contributed by atoms with Crippen molar-refractivity contribution in [3.63, 3.8) is 0 Å². The summed E-state index contributed by atoms with van der Waals surface area (Å²) in [7, 11) is 0. The molecule has 4 aromatic carbocycles. The molecule has 3 heterocycles. The van der Waals surface area contributed by atoms with Gasteiger partial charge in [-0.2, -0.15) is 0 Å². The zero-order valence-electron chi connectivity index (χ0n) is 20.4. The lowest BCUT2D eigenvalue weighted by Crippen LogP contribution is -1.96. The van der Waals surface area contributed by atoms with Gasteiger partial charge in [-0.15, -0.1) is 0 Å². The highest BCUT2D eigenvalue weighted by atomic mass is 79.9. The molecule has 38 heavy (non-hydrogen) atoms. The summed E-state index contributed by atoms with van der Waals surface area (Å²) in [5, 5.41) is 1.12. The van der Waals surface area contributed by atoms with Crippen LogP contribution in [-0.2, 0) is 0 Å². The van der Waals surface area contributed by atoms with Gasteiger partial charge in [-0.1, -0.05) is 88.7 Å². The van der Waals surface area contributed by atoms with Gasteiger partial charge in [0.1, 0.15) is 0 Å². The Morgan fingerprint density at radius 3 is 2.03 bits per heavy atom. The Bertz CT molecular complexity index is 1870. The van der Waals surface area contributed by atoms with Crippen LogP contribution in [-0.4, -0.2) is 14.5 Å². The molecule has 0 unspecified atom stereocenters. The van der Waals surface area contributed by atoms with E-state index in [-0.39, 0.29) is 0 Å². The molecule has 7 aromatic rings. The third-order valence-electron chi connectivity index (χ3n) is 6.88. The second-order valence-electron chi connectivity index (χ2n) is 9.28. The minimum absolute atomic E-state index is 0.939. The Morgan fingerprint density at radius 2 is 1.24 bits per heavy atom. The van der Waals surface area contributed by atoms with Gasteiger partial charge < -0.3 is 4.57 Å². The number of rotatable bonds is 4. The van der Waals surface area contributed by atoms with Crippen LogP contribution in [0.15, 0.2) is 138 Å². The molecule has 0 spiro atoms. The lowest BCUT2D eigenvalue weighted by Gasteiger charge is -2.13. The van der Waals surface area contributed by atoms with Gasteiger partial charge in [-0.05, 0) is 65.7 Å². The molecule has 0 saturated carbocycles. The molecule has 0 N–H and O–H groups in total. The summed E-state index contributed by atoms with van der Waals surface area (Å²) in [5.41, 5.74) is 10.6. The molecule has 0 fully saturated rings. The van der Waals surface area contributed by atoms with Crippen LogP contribution in [0, 0.1) is 0 Å². The Balaban J connectivity index is 1.44.